The minimum atomic E-state index is -0.882. The van der Waals surface area contributed by atoms with Crippen molar-refractivity contribution >= 4 is 0 Å². The second-order valence-corrected chi connectivity index (χ2v) is 4.53. The minimum Gasteiger partial charge on any atom is -0.388 e. The molecule has 0 fully saturated rings. The Bertz CT molecular complexity index is 566. The van der Waals surface area contributed by atoms with Gasteiger partial charge in [0.15, 0.2) is 11.6 Å². The zero-order valence-electron chi connectivity index (χ0n) is 10.7. The molecule has 3 heteroatoms. The Balaban J connectivity index is 2.20. The quantitative estimate of drug-likeness (QED) is 0.888. The lowest BCUT2D eigenvalue weighted by atomic mass is 9.99. The molecule has 2 rings (SSSR count). The van der Waals surface area contributed by atoms with Crippen molar-refractivity contribution in [3.05, 3.63) is 70.8 Å². The summed E-state index contributed by atoms with van der Waals surface area (Å²) in [5.74, 6) is -1.76. The van der Waals surface area contributed by atoms with E-state index in [0.717, 1.165) is 23.6 Å². The first-order valence-electron chi connectivity index (χ1n) is 6.31. The summed E-state index contributed by atoms with van der Waals surface area (Å²) in [4.78, 5) is 0. The van der Waals surface area contributed by atoms with E-state index < -0.39 is 17.7 Å². The zero-order chi connectivity index (χ0) is 13.8. The van der Waals surface area contributed by atoms with Gasteiger partial charge in [0, 0.05) is 6.42 Å². The second-order valence-electron chi connectivity index (χ2n) is 4.53. The summed E-state index contributed by atoms with van der Waals surface area (Å²) in [5, 5.41) is 10.1. The van der Waals surface area contributed by atoms with Crippen molar-refractivity contribution in [1.82, 2.24) is 0 Å². The number of aliphatic hydroxyl groups excluding tert-OH is 1. The molecule has 0 aliphatic rings. The third kappa shape index (κ3) is 3.18. The second kappa shape index (κ2) is 5.93. The van der Waals surface area contributed by atoms with Crippen LogP contribution < -0.4 is 0 Å². The van der Waals surface area contributed by atoms with E-state index >= 15 is 0 Å². The lowest BCUT2D eigenvalue weighted by Gasteiger charge is -2.13. The van der Waals surface area contributed by atoms with Crippen molar-refractivity contribution in [2.24, 2.45) is 0 Å². The first kappa shape index (κ1) is 13.7. The van der Waals surface area contributed by atoms with Crippen LogP contribution >= 0.6 is 0 Å². The number of hydrogen-bond donors (Lipinski definition) is 1. The Kier molecular flexibility index (Phi) is 4.27. The maximum Gasteiger partial charge on any atom is 0.162 e. The standard InChI is InChI=1S/C16H16F2O/c1-2-11-5-3-6-12(9-11)15(19)10-13-7-4-8-14(17)16(13)18/h3-9,15,19H,2,10H2,1H3. The lowest BCUT2D eigenvalue weighted by Crippen LogP contribution is -2.05. The molecular weight excluding hydrogens is 246 g/mol. The summed E-state index contributed by atoms with van der Waals surface area (Å²) in [6.45, 7) is 2.03. The minimum absolute atomic E-state index is 0.0662. The largest absolute Gasteiger partial charge is 0.388 e. The number of hydrogen-bond acceptors (Lipinski definition) is 1. The Hall–Kier alpha value is -1.74. The molecule has 0 aliphatic heterocycles. The van der Waals surface area contributed by atoms with Gasteiger partial charge in [-0.15, -0.1) is 0 Å². The molecular formula is C16H16F2O. The first-order valence-corrected chi connectivity index (χ1v) is 6.31. The van der Waals surface area contributed by atoms with Gasteiger partial charge >= 0.3 is 0 Å². The summed E-state index contributed by atoms with van der Waals surface area (Å²) in [6.07, 6.45) is 0.105. The molecule has 1 atom stereocenters. The van der Waals surface area contributed by atoms with E-state index in [1.54, 1.807) is 6.07 Å². The van der Waals surface area contributed by atoms with Crippen molar-refractivity contribution in [3.8, 4) is 0 Å². The van der Waals surface area contributed by atoms with Gasteiger partial charge in [-0.2, -0.15) is 0 Å². The molecule has 0 bridgehead atoms. The Labute approximate surface area is 111 Å². The molecule has 0 saturated heterocycles. The number of aryl methyl sites for hydroxylation is 1. The molecule has 0 aromatic heterocycles. The number of benzene rings is 2. The van der Waals surface area contributed by atoms with E-state index in [-0.39, 0.29) is 12.0 Å². The van der Waals surface area contributed by atoms with Gasteiger partial charge in [0.25, 0.3) is 0 Å². The van der Waals surface area contributed by atoms with E-state index in [1.165, 1.54) is 12.1 Å². The highest BCUT2D eigenvalue weighted by atomic mass is 19.2. The maximum absolute atomic E-state index is 13.5. The molecule has 1 N–H and O–H groups in total. The number of halogens is 2. The summed E-state index contributed by atoms with van der Waals surface area (Å²) in [7, 11) is 0. The molecule has 2 aromatic carbocycles. The van der Waals surface area contributed by atoms with Crippen LogP contribution in [0.1, 0.15) is 29.7 Å². The van der Waals surface area contributed by atoms with Gasteiger partial charge in [0.2, 0.25) is 0 Å². The fraction of sp³-hybridized carbons (Fsp3) is 0.250. The van der Waals surface area contributed by atoms with Crippen LogP contribution in [-0.4, -0.2) is 5.11 Å². The lowest BCUT2D eigenvalue weighted by molar-refractivity contribution is 0.176. The van der Waals surface area contributed by atoms with Crippen LogP contribution in [0, 0.1) is 11.6 Å². The highest BCUT2D eigenvalue weighted by Crippen LogP contribution is 2.22. The molecule has 0 aliphatic carbocycles. The van der Waals surface area contributed by atoms with Gasteiger partial charge in [0.1, 0.15) is 0 Å². The molecule has 19 heavy (non-hydrogen) atoms. The van der Waals surface area contributed by atoms with Crippen molar-refractivity contribution in [3.63, 3.8) is 0 Å². The molecule has 100 valence electrons. The fourth-order valence-electron chi connectivity index (χ4n) is 2.05. The summed E-state index contributed by atoms with van der Waals surface area (Å²) in [5.41, 5.74) is 2.02. The molecule has 0 spiro atoms. The van der Waals surface area contributed by atoms with Crippen LogP contribution in [0.3, 0.4) is 0 Å². The van der Waals surface area contributed by atoms with Gasteiger partial charge < -0.3 is 5.11 Å². The molecule has 1 nitrogen and oxygen atoms in total. The van der Waals surface area contributed by atoms with Crippen molar-refractivity contribution in [2.45, 2.75) is 25.9 Å². The molecule has 0 radical (unpaired) electrons. The highest BCUT2D eigenvalue weighted by Gasteiger charge is 2.14. The summed E-state index contributed by atoms with van der Waals surface area (Å²) >= 11 is 0. The predicted octanol–water partition coefficient (Wildman–Crippen LogP) is 3.80. The highest BCUT2D eigenvalue weighted by molar-refractivity contribution is 5.27. The van der Waals surface area contributed by atoms with Gasteiger partial charge in [0.05, 0.1) is 6.10 Å². The molecule has 2 aromatic rings. The topological polar surface area (TPSA) is 20.2 Å². The van der Waals surface area contributed by atoms with Crippen LogP contribution in [-0.2, 0) is 12.8 Å². The van der Waals surface area contributed by atoms with E-state index in [0.29, 0.717) is 0 Å². The van der Waals surface area contributed by atoms with Crippen LogP contribution in [0.2, 0.25) is 0 Å². The van der Waals surface area contributed by atoms with Crippen molar-refractivity contribution in [1.29, 1.82) is 0 Å². The Morgan fingerprint density at radius 1 is 1.11 bits per heavy atom. The fourth-order valence-corrected chi connectivity index (χ4v) is 2.05. The first-order chi connectivity index (χ1) is 9.11. The van der Waals surface area contributed by atoms with Crippen LogP contribution in [0.15, 0.2) is 42.5 Å². The van der Waals surface area contributed by atoms with Gasteiger partial charge in [-0.05, 0) is 29.2 Å². The van der Waals surface area contributed by atoms with Gasteiger partial charge in [-0.1, -0.05) is 43.3 Å². The molecule has 0 saturated carbocycles. The zero-order valence-corrected chi connectivity index (χ0v) is 10.7. The smallest absolute Gasteiger partial charge is 0.162 e. The third-order valence-electron chi connectivity index (χ3n) is 3.19. The van der Waals surface area contributed by atoms with E-state index in [1.807, 2.05) is 25.1 Å². The van der Waals surface area contributed by atoms with E-state index in [2.05, 4.69) is 0 Å². The SMILES string of the molecule is CCc1cccc(C(O)Cc2cccc(F)c2F)c1. The third-order valence-corrected chi connectivity index (χ3v) is 3.19. The van der Waals surface area contributed by atoms with E-state index in [9.17, 15) is 13.9 Å². The average molecular weight is 262 g/mol. The van der Waals surface area contributed by atoms with Crippen molar-refractivity contribution < 1.29 is 13.9 Å². The monoisotopic (exact) mass is 262 g/mol. The summed E-state index contributed by atoms with van der Waals surface area (Å²) < 4.78 is 26.6. The van der Waals surface area contributed by atoms with Gasteiger partial charge in [-0.3, -0.25) is 0 Å². The summed E-state index contributed by atoms with van der Waals surface area (Å²) in [6, 6.07) is 11.5. The molecule has 1 unspecified atom stereocenters. The Morgan fingerprint density at radius 2 is 1.84 bits per heavy atom. The normalized spacial score (nSPS) is 12.4. The van der Waals surface area contributed by atoms with Gasteiger partial charge in [-0.25, -0.2) is 8.78 Å². The number of rotatable bonds is 4. The molecule has 0 heterocycles. The van der Waals surface area contributed by atoms with Crippen molar-refractivity contribution in [2.75, 3.05) is 0 Å². The average Bonchev–Trinajstić information content (AvgIpc) is 2.44. The van der Waals surface area contributed by atoms with Crippen LogP contribution in [0.5, 0.6) is 0 Å². The van der Waals surface area contributed by atoms with E-state index in [4.69, 9.17) is 0 Å². The predicted molar refractivity (Wildman–Crippen MR) is 70.8 cm³/mol. The molecule has 0 amide bonds. The maximum atomic E-state index is 13.5. The van der Waals surface area contributed by atoms with Crippen LogP contribution in [0.25, 0.3) is 0 Å². The number of aliphatic hydroxyl groups is 1. The van der Waals surface area contributed by atoms with Crippen LogP contribution in [0.4, 0.5) is 8.78 Å². The Morgan fingerprint density at radius 3 is 2.58 bits per heavy atom.